The molecule has 0 saturated carbocycles. The maximum atomic E-state index is 13.5. The molecule has 0 radical (unpaired) electrons. The number of nitrogens with two attached hydrogens (primary N) is 2. The summed E-state index contributed by atoms with van der Waals surface area (Å²) >= 11 is 0. The number of nitrogens with one attached hydrogen (secondary N) is 2. The zero-order valence-corrected chi connectivity index (χ0v) is 21.7. The third-order valence-corrected chi connectivity index (χ3v) is 6.36. The molecule has 7 N–H and O–H groups in total. The highest BCUT2D eigenvalue weighted by atomic mass is 32.2. The zero-order chi connectivity index (χ0) is 26.9. The van der Waals surface area contributed by atoms with Gasteiger partial charge in [0.2, 0.25) is 0 Å². The first kappa shape index (κ1) is 28.6. The van der Waals surface area contributed by atoms with Crippen LogP contribution in [0.2, 0.25) is 0 Å². The van der Waals surface area contributed by atoms with Gasteiger partial charge in [-0.25, -0.2) is 9.71 Å². The van der Waals surface area contributed by atoms with Gasteiger partial charge in [-0.05, 0) is 60.8 Å². The van der Waals surface area contributed by atoms with Crippen LogP contribution in [0.25, 0.3) is 5.57 Å². The molecule has 11 heteroatoms. The maximum absolute atomic E-state index is 13.5. The second-order valence-corrected chi connectivity index (χ2v) is 9.77. The molecule has 1 heterocycles. The fraction of sp³-hybridized carbons (Fsp3) is 0.280. The van der Waals surface area contributed by atoms with E-state index in [4.69, 9.17) is 11.5 Å². The van der Waals surface area contributed by atoms with Crippen molar-refractivity contribution < 1.29 is 18.3 Å². The van der Waals surface area contributed by atoms with E-state index in [0.29, 0.717) is 28.8 Å². The molecular weight excluding hydrogens is 480 g/mol. The van der Waals surface area contributed by atoms with E-state index >= 15 is 0 Å². The highest BCUT2D eigenvalue weighted by molar-refractivity contribution is 7.90. The highest BCUT2D eigenvalue weighted by Gasteiger charge is 2.28. The highest BCUT2D eigenvalue weighted by Crippen LogP contribution is 2.24. The van der Waals surface area contributed by atoms with Crippen molar-refractivity contribution in [1.82, 2.24) is 19.6 Å². The van der Waals surface area contributed by atoms with Crippen LogP contribution in [0.3, 0.4) is 0 Å². The lowest BCUT2D eigenvalue weighted by Gasteiger charge is -2.22. The molecule has 0 fully saturated rings. The van der Waals surface area contributed by atoms with E-state index in [-0.39, 0.29) is 5.03 Å². The zero-order valence-electron chi connectivity index (χ0n) is 20.8. The van der Waals surface area contributed by atoms with E-state index in [1.54, 1.807) is 57.3 Å². The molecule has 1 aromatic heterocycles. The number of hydrogen-bond acceptors (Lipinski definition) is 8. The minimum atomic E-state index is -4.22. The fourth-order valence-electron chi connectivity index (χ4n) is 3.25. The number of carbonyl (C=O) groups excluding carboxylic acids is 1. The molecule has 0 bridgehead atoms. The Balaban J connectivity index is 2.59. The molecule has 1 amide bonds. The van der Waals surface area contributed by atoms with Gasteiger partial charge in [-0.1, -0.05) is 37.3 Å². The topological polar surface area (TPSA) is 165 Å². The number of amides is 1. The lowest BCUT2D eigenvalue weighted by atomic mass is 9.95. The summed E-state index contributed by atoms with van der Waals surface area (Å²) in [6, 6.07) is 4.34. The number of aromatic nitrogens is 2. The van der Waals surface area contributed by atoms with Crippen molar-refractivity contribution in [3.63, 3.8) is 0 Å². The normalized spacial score (nSPS) is 14.1. The molecule has 0 aliphatic rings. The number of imidazole rings is 1. The minimum Gasteiger partial charge on any atom is -0.515 e. The van der Waals surface area contributed by atoms with Crippen LogP contribution in [0.15, 0.2) is 78.1 Å². The van der Waals surface area contributed by atoms with Gasteiger partial charge in [-0.2, -0.15) is 8.42 Å². The smallest absolute Gasteiger partial charge is 0.283 e. The number of carbonyl (C=O) groups is 1. The summed E-state index contributed by atoms with van der Waals surface area (Å²) in [5, 5.41) is 12.4. The Morgan fingerprint density at radius 2 is 2.00 bits per heavy atom. The molecule has 0 aliphatic carbocycles. The van der Waals surface area contributed by atoms with Crippen molar-refractivity contribution in [2.24, 2.45) is 18.5 Å². The van der Waals surface area contributed by atoms with Crippen LogP contribution in [0, 0.1) is 0 Å². The summed E-state index contributed by atoms with van der Waals surface area (Å²) in [4.78, 5) is 17.3. The van der Waals surface area contributed by atoms with Crippen LogP contribution in [-0.4, -0.2) is 35.1 Å². The molecular formula is C25H34N6O4S. The lowest BCUT2D eigenvalue weighted by molar-refractivity contribution is -0.121. The summed E-state index contributed by atoms with van der Waals surface area (Å²) in [5.74, 6) is -0.805. The number of benzene rings is 1. The number of aliphatic hydroxyl groups is 1. The van der Waals surface area contributed by atoms with Gasteiger partial charge in [0, 0.05) is 18.9 Å². The summed E-state index contributed by atoms with van der Waals surface area (Å²) in [6.45, 7) is 5.50. The quantitative estimate of drug-likeness (QED) is 0.173. The van der Waals surface area contributed by atoms with Crippen LogP contribution in [-0.2, 0) is 28.3 Å². The Morgan fingerprint density at radius 3 is 2.56 bits per heavy atom. The first-order chi connectivity index (χ1) is 17.0. The Hall–Kier alpha value is -3.67. The summed E-state index contributed by atoms with van der Waals surface area (Å²) in [6.07, 6.45) is 12.0. The average molecular weight is 515 g/mol. The predicted molar refractivity (Wildman–Crippen MR) is 141 cm³/mol. The molecule has 1 atom stereocenters. The number of hydrogen-bond donors (Lipinski definition) is 5. The second kappa shape index (κ2) is 12.9. The van der Waals surface area contributed by atoms with Crippen molar-refractivity contribution in [3.05, 3.63) is 89.8 Å². The second-order valence-electron chi connectivity index (χ2n) is 8.14. The van der Waals surface area contributed by atoms with Crippen LogP contribution in [0.5, 0.6) is 0 Å². The van der Waals surface area contributed by atoms with E-state index < -0.39 is 28.1 Å². The Kier molecular flexibility index (Phi) is 10.2. The van der Waals surface area contributed by atoms with Crippen LogP contribution in [0.4, 0.5) is 0 Å². The number of aliphatic hydroxyl groups excluding tert-OH is 1. The van der Waals surface area contributed by atoms with Gasteiger partial charge in [-0.15, -0.1) is 0 Å². The number of sulfonamides is 1. The van der Waals surface area contributed by atoms with Crippen LogP contribution < -0.4 is 21.5 Å². The van der Waals surface area contributed by atoms with Gasteiger partial charge < -0.3 is 26.5 Å². The van der Waals surface area contributed by atoms with Crippen molar-refractivity contribution in [1.29, 1.82) is 0 Å². The molecule has 0 saturated heterocycles. The van der Waals surface area contributed by atoms with E-state index in [2.05, 4.69) is 15.0 Å². The van der Waals surface area contributed by atoms with Gasteiger partial charge in [0.15, 0.2) is 5.03 Å². The number of rotatable bonds is 11. The molecule has 0 spiro atoms. The first-order valence-corrected chi connectivity index (χ1v) is 12.8. The molecule has 10 nitrogen and oxygen atoms in total. The predicted octanol–water partition coefficient (Wildman–Crippen LogP) is 2.30. The fourth-order valence-corrected chi connectivity index (χ4v) is 4.23. The van der Waals surface area contributed by atoms with Gasteiger partial charge in [0.05, 0.1) is 18.8 Å². The minimum absolute atomic E-state index is 0.275. The van der Waals surface area contributed by atoms with Gasteiger partial charge in [0.1, 0.15) is 6.04 Å². The molecule has 1 aromatic carbocycles. The molecule has 194 valence electrons. The standard InChI is InChI=1S/C25H34N6O4S/c1-5-8-21(9-7-10-22(26)27)29-24(20-12-18(6-2)11-19(13-20)17(3)15-32)25(33)30-36(34,35)23-14-31(4)16-28-23/h5,7-16,22,24,29,32H,6,26-27H2,1-4H3,(H,30,33)/b8-5-,10-7+,17-15-,21-9+. The number of allylic oxidation sites excluding steroid dienone is 5. The Labute approximate surface area is 212 Å². The Morgan fingerprint density at radius 1 is 1.28 bits per heavy atom. The summed E-state index contributed by atoms with van der Waals surface area (Å²) in [5.41, 5.74) is 14.4. The molecule has 0 aliphatic heterocycles. The molecule has 2 aromatic rings. The molecule has 2 rings (SSSR count). The summed E-state index contributed by atoms with van der Waals surface area (Å²) < 4.78 is 29.3. The van der Waals surface area contributed by atoms with Crippen molar-refractivity contribution in [3.8, 4) is 0 Å². The largest absolute Gasteiger partial charge is 0.515 e. The molecule has 1 unspecified atom stereocenters. The number of nitrogens with zero attached hydrogens (tertiary/aromatic N) is 2. The first-order valence-electron chi connectivity index (χ1n) is 11.3. The van der Waals surface area contributed by atoms with Crippen LogP contribution in [0.1, 0.15) is 43.5 Å². The van der Waals surface area contributed by atoms with Crippen molar-refractivity contribution in [2.45, 2.75) is 44.4 Å². The lowest BCUT2D eigenvalue weighted by Crippen LogP contribution is -2.40. The van der Waals surface area contributed by atoms with E-state index in [9.17, 15) is 18.3 Å². The van der Waals surface area contributed by atoms with E-state index in [1.807, 2.05) is 19.1 Å². The van der Waals surface area contributed by atoms with Gasteiger partial charge in [-0.3, -0.25) is 4.79 Å². The Bertz CT molecular complexity index is 1290. The van der Waals surface area contributed by atoms with Gasteiger partial charge in [0.25, 0.3) is 15.9 Å². The maximum Gasteiger partial charge on any atom is 0.283 e. The third-order valence-electron chi connectivity index (χ3n) is 5.13. The summed E-state index contributed by atoms with van der Waals surface area (Å²) in [7, 11) is -2.60. The van der Waals surface area contributed by atoms with Gasteiger partial charge >= 0.3 is 0 Å². The average Bonchev–Trinajstić information content (AvgIpc) is 3.28. The van der Waals surface area contributed by atoms with E-state index in [1.165, 1.54) is 17.1 Å². The monoisotopic (exact) mass is 514 g/mol. The molecule has 36 heavy (non-hydrogen) atoms. The van der Waals surface area contributed by atoms with Crippen molar-refractivity contribution in [2.75, 3.05) is 0 Å². The number of aryl methyl sites for hydroxylation is 2. The van der Waals surface area contributed by atoms with Crippen molar-refractivity contribution >= 4 is 21.5 Å². The van der Waals surface area contributed by atoms with Crippen LogP contribution >= 0.6 is 0 Å². The third kappa shape index (κ3) is 7.94. The van der Waals surface area contributed by atoms with E-state index in [0.717, 1.165) is 11.8 Å². The SMILES string of the molecule is C\C=C/C(=C\C=C\C(N)N)NC(C(=O)NS(=O)(=O)c1cn(C)cn1)c1cc(CC)cc(/C(C)=C\O)c1.